The van der Waals surface area contributed by atoms with E-state index in [0.717, 1.165) is 58.7 Å². The van der Waals surface area contributed by atoms with Crippen molar-refractivity contribution in [1.29, 1.82) is 0 Å². The van der Waals surface area contributed by atoms with Crippen LogP contribution in [0.2, 0.25) is 0 Å². The Kier molecular flexibility index (Phi) is 9.45. The zero-order chi connectivity index (χ0) is 28.2. The summed E-state index contributed by atoms with van der Waals surface area (Å²) in [7, 11) is 0. The monoisotopic (exact) mass is 536 g/mol. The van der Waals surface area contributed by atoms with E-state index in [0.29, 0.717) is 19.6 Å². The van der Waals surface area contributed by atoms with E-state index in [1.54, 1.807) is 9.80 Å². The maximum Gasteiger partial charge on any atom is 0.410 e. The van der Waals surface area contributed by atoms with Crippen molar-refractivity contribution in [2.75, 3.05) is 65.4 Å². The fourth-order valence-corrected chi connectivity index (χ4v) is 5.06. The van der Waals surface area contributed by atoms with Gasteiger partial charge in [-0.25, -0.2) is 9.59 Å². The van der Waals surface area contributed by atoms with Gasteiger partial charge in [-0.3, -0.25) is 9.80 Å². The third kappa shape index (κ3) is 8.36. The summed E-state index contributed by atoms with van der Waals surface area (Å²) in [6, 6.07) is 0. The van der Waals surface area contributed by atoms with E-state index in [9.17, 15) is 9.59 Å². The van der Waals surface area contributed by atoms with Gasteiger partial charge in [0.25, 0.3) is 0 Å². The molecule has 4 aliphatic rings. The summed E-state index contributed by atoms with van der Waals surface area (Å²) >= 11 is 0. The molecule has 12 heteroatoms. The lowest BCUT2D eigenvalue weighted by Gasteiger charge is -2.39. The van der Waals surface area contributed by atoms with E-state index in [1.807, 2.05) is 41.5 Å². The van der Waals surface area contributed by atoms with Gasteiger partial charge in [-0.15, -0.1) is 0 Å². The summed E-state index contributed by atoms with van der Waals surface area (Å²) in [4.78, 5) is 35.1. The maximum atomic E-state index is 12.0. The number of carbonyl (C=O) groups excluding carboxylic acids is 2. The van der Waals surface area contributed by atoms with E-state index in [1.165, 1.54) is 12.8 Å². The Hall–Kier alpha value is -2.27. The van der Waals surface area contributed by atoms with Crippen LogP contribution in [0.15, 0.2) is 5.11 Å². The van der Waals surface area contributed by atoms with E-state index in [2.05, 4.69) is 19.8 Å². The third-order valence-corrected chi connectivity index (χ3v) is 7.67. The standard InChI is InChI=1S/C13H23N5O2.C13H25N3O2/c1-12(2,3)20-11(19)17-6-8-18(9-7-17)13(4-5-13)10-15-16-14;1-12(2,3)18-11(17)15-6-8-16(9-7-15)13(10-14)4-5-13/h4-10H2,1-3H3;4-10,14H2,1-3H3. The Balaban J connectivity index is 0.000000212. The molecule has 2 heterocycles. The molecule has 0 aromatic rings. The topological polar surface area (TPSA) is 140 Å². The molecule has 4 rings (SSSR count). The Morgan fingerprint density at radius 2 is 1.13 bits per heavy atom. The Labute approximate surface area is 227 Å². The van der Waals surface area contributed by atoms with Gasteiger partial charge >= 0.3 is 12.2 Å². The summed E-state index contributed by atoms with van der Waals surface area (Å²) < 4.78 is 10.8. The molecule has 38 heavy (non-hydrogen) atoms. The number of amides is 2. The molecule has 0 aromatic heterocycles. The van der Waals surface area contributed by atoms with Gasteiger partial charge in [0.2, 0.25) is 0 Å². The van der Waals surface area contributed by atoms with Gasteiger partial charge < -0.3 is 25.0 Å². The van der Waals surface area contributed by atoms with Crippen molar-refractivity contribution in [3.63, 3.8) is 0 Å². The van der Waals surface area contributed by atoms with Crippen LogP contribution in [0.3, 0.4) is 0 Å². The van der Waals surface area contributed by atoms with Crippen LogP contribution < -0.4 is 5.73 Å². The Bertz CT molecular complexity index is 869. The molecule has 2 amide bonds. The first-order chi connectivity index (χ1) is 17.7. The molecule has 2 aliphatic heterocycles. The highest BCUT2D eigenvalue weighted by molar-refractivity contribution is 5.68. The van der Waals surface area contributed by atoms with Crippen LogP contribution in [0.5, 0.6) is 0 Å². The van der Waals surface area contributed by atoms with Crippen molar-refractivity contribution in [2.45, 2.75) is 89.5 Å². The maximum absolute atomic E-state index is 12.0. The minimum Gasteiger partial charge on any atom is -0.444 e. The van der Waals surface area contributed by atoms with Crippen LogP contribution in [0.1, 0.15) is 67.2 Å². The van der Waals surface area contributed by atoms with Gasteiger partial charge in [-0.1, -0.05) is 5.11 Å². The van der Waals surface area contributed by atoms with Crippen molar-refractivity contribution in [2.24, 2.45) is 10.8 Å². The quantitative estimate of drug-likeness (QED) is 0.322. The number of hydrogen-bond donors (Lipinski definition) is 1. The minimum absolute atomic E-state index is 0.0618. The molecule has 4 fully saturated rings. The van der Waals surface area contributed by atoms with Gasteiger partial charge in [-0.05, 0) is 72.8 Å². The first kappa shape index (κ1) is 30.3. The molecular formula is C26H48N8O4. The van der Waals surface area contributed by atoms with Gasteiger partial charge in [0.05, 0.1) is 0 Å². The van der Waals surface area contributed by atoms with Crippen molar-refractivity contribution >= 4 is 12.2 Å². The summed E-state index contributed by atoms with van der Waals surface area (Å²) in [6.45, 7) is 18.9. The van der Waals surface area contributed by atoms with Crippen molar-refractivity contribution < 1.29 is 19.1 Å². The number of rotatable bonds is 5. The molecule has 2 saturated carbocycles. The number of nitrogens with two attached hydrogens (primary N) is 1. The van der Waals surface area contributed by atoms with Crippen LogP contribution >= 0.6 is 0 Å². The lowest BCUT2D eigenvalue weighted by molar-refractivity contribution is 0.00823. The average Bonchev–Trinajstić information content (AvgIpc) is 3.77. The molecule has 0 atom stereocenters. The van der Waals surface area contributed by atoms with Crippen molar-refractivity contribution in [1.82, 2.24) is 19.6 Å². The highest BCUT2D eigenvalue weighted by atomic mass is 16.6. The first-order valence-corrected chi connectivity index (χ1v) is 13.9. The lowest BCUT2D eigenvalue weighted by Crippen LogP contribution is -2.55. The number of azide groups is 1. The molecule has 0 bridgehead atoms. The predicted molar refractivity (Wildman–Crippen MR) is 146 cm³/mol. The molecule has 2 N–H and O–H groups in total. The average molecular weight is 537 g/mol. The SMILES string of the molecule is CC(C)(C)OC(=O)N1CCN(C2(CN)CC2)CC1.CC(C)(C)OC(=O)N1CCN(C2(CN=[N+]=[N-])CC2)CC1. The van der Waals surface area contributed by atoms with E-state index in [-0.39, 0.29) is 23.3 Å². The number of ether oxygens (including phenoxy) is 2. The number of piperazine rings is 2. The van der Waals surface area contributed by atoms with E-state index in [4.69, 9.17) is 20.7 Å². The molecule has 2 saturated heterocycles. The largest absolute Gasteiger partial charge is 0.444 e. The second-order valence-electron chi connectivity index (χ2n) is 13.0. The third-order valence-electron chi connectivity index (χ3n) is 7.67. The number of hydrogen-bond acceptors (Lipinski definition) is 8. The molecule has 0 aromatic carbocycles. The van der Waals surface area contributed by atoms with Crippen LogP contribution in [0, 0.1) is 0 Å². The van der Waals surface area contributed by atoms with E-state index >= 15 is 0 Å². The zero-order valence-electron chi connectivity index (χ0n) is 24.2. The van der Waals surface area contributed by atoms with Gasteiger partial charge in [0, 0.05) is 81.4 Å². The predicted octanol–water partition coefficient (Wildman–Crippen LogP) is 3.41. The van der Waals surface area contributed by atoms with Crippen LogP contribution in [0.4, 0.5) is 9.59 Å². The molecule has 216 valence electrons. The van der Waals surface area contributed by atoms with E-state index < -0.39 is 11.2 Å². The van der Waals surface area contributed by atoms with Gasteiger partial charge in [0.1, 0.15) is 11.2 Å². The second-order valence-corrected chi connectivity index (χ2v) is 13.0. The van der Waals surface area contributed by atoms with Gasteiger partial charge in [-0.2, -0.15) is 0 Å². The van der Waals surface area contributed by atoms with Crippen molar-refractivity contribution in [3.8, 4) is 0 Å². The zero-order valence-corrected chi connectivity index (χ0v) is 24.2. The Morgan fingerprint density at radius 3 is 1.42 bits per heavy atom. The smallest absolute Gasteiger partial charge is 0.410 e. The van der Waals surface area contributed by atoms with Crippen molar-refractivity contribution in [3.05, 3.63) is 10.4 Å². The molecule has 2 aliphatic carbocycles. The highest BCUT2D eigenvalue weighted by Crippen LogP contribution is 2.42. The highest BCUT2D eigenvalue weighted by Gasteiger charge is 2.49. The first-order valence-electron chi connectivity index (χ1n) is 13.9. The number of nitrogens with zero attached hydrogens (tertiary/aromatic N) is 7. The normalized spacial score (nSPS) is 22.9. The summed E-state index contributed by atoms with van der Waals surface area (Å²) in [5, 5.41) is 3.72. The second kappa shape index (κ2) is 11.9. The summed E-state index contributed by atoms with van der Waals surface area (Å²) in [5.41, 5.74) is 13.7. The Morgan fingerprint density at radius 1 is 0.763 bits per heavy atom. The molecule has 0 spiro atoms. The molecular weight excluding hydrogens is 488 g/mol. The fraction of sp³-hybridized carbons (Fsp3) is 0.923. The molecule has 0 radical (unpaired) electrons. The molecule has 12 nitrogen and oxygen atoms in total. The van der Waals surface area contributed by atoms with Gasteiger partial charge in [0.15, 0.2) is 0 Å². The minimum atomic E-state index is -0.451. The van der Waals surface area contributed by atoms with Crippen LogP contribution in [-0.4, -0.2) is 120 Å². The lowest BCUT2D eigenvalue weighted by atomic mass is 10.2. The van der Waals surface area contributed by atoms with Crippen LogP contribution in [0.25, 0.3) is 10.4 Å². The number of carbonyl (C=O) groups is 2. The summed E-state index contributed by atoms with van der Waals surface area (Å²) in [5.74, 6) is 0. The summed E-state index contributed by atoms with van der Waals surface area (Å²) in [6.07, 6.45) is 4.14. The molecule has 0 unspecified atom stereocenters. The fourth-order valence-electron chi connectivity index (χ4n) is 5.06. The van der Waals surface area contributed by atoms with Crippen LogP contribution in [-0.2, 0) is 9.47 Å².